The van der Waals surface area contributed by atoms with Gasteiger partial charge < -0.3 is 9.47 Å². The molecule has 4 aromatic rings. The highest BCUT2D eigenvalue weighted by Gasteiger charge is 2.27. The molecular weight excluding hydrogens is 390 g/mol. The lowest BCUT2D eigenvalue weighted by molar-refractivity contribution is 0.597. The molecule has 0 saturated carbocycles. The molecule has 0 aliphatic carbocycles. The normalized spacial score (nSPS) is 13.6. The number of para-hydroxylation sites is 1. The van der Waals surface area contributed by atoms with E-state index >= 15 is 0 Å². The van der Waals surface area contributed by atoms with Crippen LogP contribution in [0, 0.1) is 13.8 Å². The fraction of sp³-hybridized carbons (Fsp3) is 0.292. The van der Waals surface area contributed by atoms with E-state index in [9.17, 15) is 9.59 Å². The van der Waals surface area contributed by atoms with E-state index in [-0.39, 0.29) is 17.8 Å². The van der Waals surface area contributed by atoms with E-state index in [4.69, 9.17) is 4.98 Å². The van der Waals surface area contributed by atoms with Crippen molar-refractivity contribution in [1.82, 2.24) is 18.7 Å². The Kier molecular flexibility index (Phi) is 4.54. The van der Waals surface area contributed by atoms with Gasteiger partial charge >= 0.3 is 5.69 Å². The van der Waals surface area contributed by atoms with Crippen LogP contribution in [0.1, 0.15) is 23.1 Å². The average Bonchev–Trinajstić information content (AvgIpc) is 3.18. The molecule has 0 spiro atoms. The maximum atomic E-state index is 13.5. The van der Waals surface area contributed by atoms with E-state index in [0.29, 0.717) is 23.7 Å². The van der Waals surface area contributed by atoms with Gasteiger partial charge in [-0.25, -0.2) is 4.79 Å². The van der Waals surface area contributed by atoms with Crippen molar-refractivity contribution >= 4 is 22.8 Å². The number of hydrogen-bond donors (Lipinski definition) is 0. The third-order valence-corrected chi connectivity index (χ3v) is 6.12. The second-order valence-electron chi connectivity index (χ2n) is 8.24. The van der Waals surface area contributed by atoms with Gasteiger partial charge in [0.2, 0.25) is 5.95 Å². The molecular formula is C24H25N5O2. The number of aromatic nitrogens is 4. The molecule has 0 radical (unpaired) electrons. The largest absolute Gasteiger partial charge is 0.332 e. The third kappa shape index (κ3) is 3.08. The second-order valence-corrected chi connectivity index (χ2v) is 8.24. The van der Waals surface area contributed by atoms with Crippen molar-refractivity contribution < 1.29 is 0 Å². The van der Waals surface area contributed by atoms with Crippen LogP contribution in [0.2, 0.25) is 0 Å². The van der Waals surface area contributed by atoms with E-state index in [0.717, 1.165) is 35.3 Å². The molecule has 0 amide bonds. The second kappa shape index (κ2) is 7.27. The summed E-state index contributed by atoms with van der Waals surface area (Å²) in [7, 11) is 1.69. The van der Waals surface area contributed by atoms with E-state index in [1.807, 2.05) is 66.9 Å². The summed E-state index contributed by atoms with van der Waals surface area (Å²) in [5.41, 5.74) is 4.46. The van der Waals surface area contributed by atoms with Gasteiger partial charge in [0, 0.05) is 25.8 Å². The Morgan fingerprint density at radius 1 is 1.00 bits per heavy atom. The van der Waals surface area contributed by atoms with E-state index in [1.54, 1.807) is 7.05 Å². The zero-order valence-corrected chi connectivity index (χ0v) is 18.0. The van der Waals surface area contributed by atoms with Crippen molar-refractivity contribution in [3.8, 4) is 0 Å². The molecule has 31 heavy (non-hydrogen) atoms. The Morgan fingerprint density at radius 3 is 2.55 bits per heavy atom. The first-order valence-electron chi connectivity index (χ1n) is 10.5. The van der Waals surface area contributed by atoms with Crippen molar-refractivity contribution in [2.24, 2.45) is 7.05 Å². The van der Waals surface area contributed by atoms with Gasteiger partial charge in [-0.2, -0.15) is 4.98 Å². The Morgan fingerprint density at radius 2 is 1.77 bits per heavy atom. The predicted molar refractivity (Wildman–Crippen MR) is 122 cm³/mol. The van der Waals surface area contributed by atoms with Crippen LogP contribution in [0.4, 0.5) is 11.6 Å². The van der Waals surface area contributed by atoms with Crippen molar-refractivity contribution in [1.29, 1.82) is 0 Å². The average molecular weight is 415 g/mol. The number of fused-ring (bicyclic) bond motifs is 3. The molecule has 0 unspecified atom stereocenters. The fourth-order valence-electron chi connectivity index (χ4n) is 4.40. The highest BCUT2D eigenvalue weighted by molar-refractivity contribution is 5.77. The quantitative estimate of drug-likeness (QED) is 0.516. The van der Waals surface area contributed by atoms with Crippen LogP contribution in [0.5, 0.6) is 0 Å². The van der Waals surface area contributed by atoms with Gasteiger partial charge in [0.05, 0.1) is 6.54 Å². The first-order valence-corrected chi connectivity index (χ1v) is 10.5. The minimum Gasteiger partial charge on any atom is -0.312 e. The summed E-state index contributed by atoms with van der Waals surface area (Å²) in [6, 6.07) is 16.1. The summed E-state index contributed by atoms with van der Waals surface area (Å²) in [5, 5.41) is 0. The minimum atomic E-state index is -0.347. The summed E-state index contributed by atoms with van der Waals surface area (Å²) >= 11 is 0. The molecule has 158 valence electrons. The van der Waals surface area contributed by atoms with Gasteiger partial charge in [-0.15, -0.1) is 0 Å². The number of hydrogen-bond acceptors (Lipinski definition) is 4. The molecule has 0 saturated heterocycles. The van der Waals surface area contributed by atoms with Crippen molar-refractivity contribution in [3.63, 3.8) is 0 Å². The standard InChI is InChI=1S/C24H25N5O2/c1-16-10-11-17(2)18(14-16)15-29-22(30)20-21(26(3)24(29)31)25-23-27(12-7-13-28(20)23)19-8-5-4-6-9-19/h4-6,8-11,14H,7,12-13,15H2,1-3H3. The Labute approximate surface area is 179 Å². The van der Waals surface area contributed by atoms with Gasteiger partial charge in [0.1, 0.15) is 0 Å². The molecule has 0 atom stereocenters. The summed E-state index contributed by atoms with van der Waals surface area (Å²) in [6.07, 6.45) is 0.895. The molecule has 0 N–H and O–H groups in total. The fourth-order valence-corrected chi connectivity index (χ4v) is 4.40. The minimum absolute atomic E-state index is 0.248. The molecule has 0 bridgehead atoms. The topological polar surface area (TPSA) is 65.1 Å². The van der Waals surface area contributed by atoms with E-state index < -0.39 is 0 Å². The van der Waals surface area contributed by atoms with Crippen LogP contribution in [0.25, 0.3) is 11.2 Å². The molecule has 7 heteroatoms. The summed E-state index contributed by atoms with van der Waals surface area (Å²) in [5.74, 6) is 0.712. The van der Waals surface area contributed by atoms with Gasteiger partial charge in [-0.3, -0.25) is 13.9 Å². The number of rotatable bonds is 3. The monoisotopic (exact) mass is 415 g/mol. The third-order valence-electron chi connectivity index (χ3n) is 6.12. The summed E-state index contributed by atoms with van der Waals surface area (Å²) in [4.78, 5) is 33.5. The maximum absolute atomic E-state index is 13.5. The number of aryl methyl sites for hydroxylation is 4. The SMILES string of the molecule is Cc1ccc(C)c(Cn2c(=O)c3c(nc4n3CCCN4c3ccccc3)n(C)c2=O)c1. The Bertz CT molecular complexity index is 1410. The number of imidazole rings is 1. The lowest BCUT2D eigenvalue weighted by Gasteiger charge is -2.28. The first kappa shape index (κ1) is 19.4. The van der Waals surface area contributed by atoms with Crippen molar-refractivity contribution in [2.45, 2.75) is 33.4 Å². The predicted octanol–water partition coefficient (Wildman–Crippen LogP) is 3.10. The van der Waals surface area contributed by atoms with Gasteiger partial charge in [-0.1, -0.05) is 42.0 Å². The Hall–Kier alpha value is -3.61. The molecule has 0 fully saturated rings. The Balaban J connectivity index is 1.72. The molecule has 1 aliphatic rings. The highest BCUT2D eigenvalue weighted by atomic mass is 16.2. The van der Waals surface area contributed by atoms with Crippen LogP contribution < -0.4 is 16.1 Å². The maximum Gasteiger partial charge on any atom is 0.332 e. The van der Waals surface area contributed by atoms with Crippen LogP contribution in [-0.4, -0.2) is 25.2 Å². The number of benzene rings is 2. The summed E-state index contributed by atoms with van der Waals surface area (Å²) < 4.78 is 4.80. The van der Waals surface area contributed by atoms with Gasteiger partial charge in [-0.05, 0) is 43.5 Å². The van der Waals surface area contributed by atoms with E-state index in [2.05, 4.69) is 4.90 Å². The van der Waals surface area contributed by atoms with Crippen LogP contribution in [0.3, 0.4) is 0 Å². The summed E-state index contributed by atoms with van der Waals surface area (Å²) in [6.45, 7) is 5.78. The molecule has 3 heterocycles. The molecule has 1 aliphatic heterocycles. The molecule has 2 aromatic heterocycles. The van der Waals surface area contributed by atoms with E-state index in [1.165, 1.54) is 9.13 Å². The smallest absolute Gasteiger partial charge is 0.312 e. The molecule has 7 nitrogen and oxygen atoms in total. The number of nitrogens with zero attached hydrogens (tertiary/aromatic N) is 5. The lowest BCUT2D eigenvalue weighted by atomic mass is 10.1. The van der Waals surface area contributed by atoms with Crippen LogP contribution >= 0.6 is 0 Å². The zero-order valence-electron chi connectivity index (χ0n) is 18.0. The number of anilines is 2. The van der Waals surface area contributed by atoms with Crippen molar-refractivity contribution in [3.05, 3.63) is 86.1 Å². The zero-order chi connectivity index (χ0) is 21.7. The van der Waals surface area contributed by atoms with Crippen LogP contribution in [0.15, 0.2) is 58.1 Å². The highest BCUT2D eigenvalue weighted by Crippen LogP contribution is 2.30. The van der Waals surface area contributed by atoms with Crippen molar-refractivity contribution in [2.75, 3.05) is 11.4 Å². The first-order chi connectivity index (χ1) is 15.0. The van der Waals surface area contributed by atoms with Gasteiger partial charge in [0.25, 0.3) is 5.56 Å². The van der Waals surface area contributed by atoms with Gasteiger partial charge in [0.15, 0.2) is 11.2 Å². The molecule has 5 rings (SSSR count). The van der Waals surface area contributed by atoms with Crippen LogP contribution in [-0.2, 0) is 20.1 Å². The molecule has 2 aromatic carbocycles. The lowest BCUT2D eigenvalue weighted by Crippen LogP contribution is -2.40.